The number of anilines is 1. The molecule has 1 saturated heterocycles. The maximum Gasteiger partial charge on any atom is 0.300 e. The molecule has 34 heavy (non-hydrogen) atoms. The fourth-order valence-corrected chi connectivity index (χ4v) is 4.13. The van der Waals surface area contributed by atoms with E-state index in [1.807, 2.05) is 13.8 Å². The second-order valence-electron chi connectivity index (χ2n) is 7.61. The molecule has 0 radical (unpaired) electrons. The Labute approximate surface area is 203 Å². The van der Waals surface area contributed by atoms with Crippen LogP contribution in [0, 0.1) is 0 Å². The van der Waals surface area contributed by atoms with Gasteiger partial charge in [0, 0.05) is 22.3 Å². The molecule has 3 aromatic carbocycles. The van der Waals surface area contributed by atoms with Crippen LogP contribution >= 0.6 is 11.6 Å². The Morgan fingerprint density at radius 2 is 1.53 bits per heavy atom. The quantitative estimate of drug-likeness (QED) is 0.266. The summed E-state index contributed by atoms with van der Waals surface area (Å²) in [4.78, 5) is 28.0. The van der Waals surface area contributed by atoms with Gasteiger partial charge in [0.05, 0.1) is 24.8 Å². The fourth-order valence-electron chi connectivity index (χ4n) is 4.01. The molecule has 6 nitrogen and oxygen atoms in total. The molecular formula is C27H24ClNO5. The highest BCUT2D eigenvalue weighted by Crippen LogP contribution is 2.43. The van der Waals surface area contributed by atoms with Crippen molar-refractivity contribution < 1.29 is 24.2 Å². The van der Waals surface area contributed by atoms with Crippen molar-refractivity contribution in [3.05, 3.63) is 94.5 Å². The van der Waals surface area contributed by atoms with Gasteiger partial charge in [0.1, 0.15) is 17.3 Å². The van der Waals surface area contributed by atoms with Gasteiger partial charge in [-0.2, -0.15) is 0 Å². The first kappa shape index (κ1) is 23.4. The van der Waals surface area contributed by atoms with E-state index in [0.717, 1.165) is 0 Å². The Bertz CT molecular complexity index is 1250. The smallest absolute Gasteiger partial charge is 0.300 e. The van der Waals surface area contributed by atoms with Crippen LogP contribution < -0.4 is 14.4 Å². The normalized spacial score (nSPS) is 17.1. The van der Waals surface area contributed by atoms with Crippen LogP contribution in [0.4, 0.5) is 5.69 Å². The van der Waals surface area contributed by atoms with Crippen molar-refractivity contribution in [3.63, 3.8) is 0 Å². The predicted octanol–water partition coefficient (Wildman–Crippen LogP) is 5.76. The van der Waals surface area contributed by atoms with Crippen molar-refractivity contribution in [3.8, 4) is 11.5 Å². The number of benzene rings is 3. The number of rotatable bonds is 7. The largest absolute Gasteiger partial charge is 0.507 e. The van der Waals surface area contributed by atoms with Crippen molar-refractivity contribution >= 4 is 34.7 Å². The monoisotopic (exact) mass is 477 g/mol. The average molecular weight is 478 g/mol. The summed E-state index contributed by atoms with van der Waals surface area (Å²) in [6, 6.07) is 19.7. The molecule has 1 atom stereocenters. The first-order valence-corrected chi connectivity index (χ1v) is 11.3. The van der Waals surface area contributed by atoms with E-state index >= 15 is 0 Å². The lowest BCUT2D eigenvalue weighted by Gasteiger charge is -2.26. The molecule has 0 saturated carbocycles. The number of amides is 1. The van der Waals surface area contributed by atoms with Gasteiger partial charge < -0.3 is 14.6 Å². The standard InChI is InChI=1S/C27H24ClNO5/c1-3-33-21-9-5-7-18(15-21)24-23(25(30)17-11-13-19(28)14-12-17)26(31)27(32)29(24)20-8-6-10-22(16-20)34-4-2/h5-16,24,30H,3-4H2,1-2H3/b25-23+. The van der Waals surface area contributed by atoms with Crippen LogP contribution in [0.5, 0.6) is 11.5 Å². The lowest BCUT2D eigenvalue weighted by Crippen LogP contribution is -2.29. The van der Waals surface area contributed by atoms with Crippen LogP contribution in [-0.2, 0) is 9.59 Å². The van der Waals surface area contributed by atoms with Crippen molar-refractivity contribution in [2.24, 2.45) is 0 Å². The van der Waals surface area contributed by atoms with E-state index in [2.05, 4.69) is 0 Å². The summed E-state index contributed by atoms with van der Waals surface area (Å²) in [6.07, 6.45) is 0. The lowest BCUT2D eigenvalue weighted by molar-refractivity contribution is -0.132. The third kappa shape index (κ3) is 4.50. The molecule has 1 fully saturated rings. The van der Waals surface area contributed by atoms with Crippen LogP contribution in [0.2, 0.25) is 5.02 Å². The summed E-state index contributed by atoms with van der Waals surface area (Å²) in [5.74, 6) is -0.621. The highest BCUT2D eigenvalue weighted by atomic mass is 35.5. The number of aliphatic hydroxyl groups is 1. The van der Waals surface area contributed by atoms with Gasteiger partial charge in [0.2, 0.25) is 0 Å². The Kier molecular flexibility index (Phi) is 6.89. The topological polar surface area (TPSA) is 76.1 Å². The first-order chi connectivity index (χ1) is 16.4. The van der Waals surface area contributed by atoms with Gasteiger partial charge >= 0.3 is 0 Å². The molecule has 1 unspecified atom stereocenters. The third-order valence-electron chi connectivity index (χ3n) is 5.45. The summed E-state index contributed by atoms with van der Waals surface area (Å²) in [5, 5.41) is 11.7. The van der Waals surface area contributed by atoms with Crippen molar-refractivity contribution in [2.75, 3.05) is 18.1 Å². The van der Waals surface area contributed by atoms with Gasteiger partial charge in [-0.1, -0.05) is 29.8 Å². The Morgan fingerprint density at radius 3 is 2.18 bits per heavy atom. The number of ketones is 1. The number of aliphatic hydroxyl groups excluding tert-OH is 1. The minimum absolute atomic E-state index is 0.0113. The zero-order valence-electron chi connectivity index (χ0n) is 18.8. The van der Waals surface area contributed by atoms with Gasteiger partial charge in [0.25, 0.3) is 11.7 Å². The van der Waals surface area contributed by atoms with E-state index < -0.39 is 17.7 Å². The zero-order chi connectivity index (χ0) is 24.2. The molecule has 1 amide bonds. The molecule has 0 bridgehead atoms. The summed E-state index contributed by atoms with van der Waals surface area (Å²) < 4.78 is 11.2. The second-order valence-corrected chi connectivity index (χ2v) is 8.05. The first-order valence-electron chi connectivity index (χ1n) is 11.0. The number of hydrogen-bond acceptors (Lipinski definition) is 5. The number of halogens is 1. The summed E-state index contributed by atoms with van der Waals surface area (Å²) >= 11 is 5.99. The molecule has 174 valence electrons. The number of Topliss-reactive ketones (excluding diaryl/α,β-unsaturated/α-hetero) is 1. The van der Waals surface area contributed by atoms with Crippen LogP contribution in [0.25, 0.3) is 5.76 Å². The second kappa shape index (κ2) is 10.0. The van der Waals surface area contributed by atoms with Crippen LogP contribution in [0.1, 0.15) is 31.0 Å². The molecule has 1 aliphatic rings. The average Bonchev–Trinajstić information content (AvgIpc) is 3.10. The van der Waals surface area contributed by atoms with Crippen LogP contribution in [-0.4, -0.2) is 30.0 Å². The maximum absolute atomic E-state index is 13.3. The predicted molar refractivity (Wildman–Crippen MR) is 131 cm³/mol. The van der Waals surface area contributed by atoms with Gasteiger partial charge in [-0.3, -0.25) is 14.5 Å². The van der Waals surface area contributed by atoms with Crippen molar-refractivity contribution in [1.29, 1.82) is 0 Å². The summed E-state index contributed by atoms with van der Waals surface area (Å²) in [7, 11) is 0. The number of hydrogen-bond donors (Lipinski definition) is 1. The zero-order valence-corrected chi connectivity index (χ0v) is 19.6. The van der Waals surface area contributed by atoms with E-state index in [0.29, 0.717) is 46.5 Å². The number of nitrogens with zero attached hydrogens (tertiary/aromatic N) is 1. The molecule has 1 N–H and O–H groups in total. The molecule has 4 rings (SSSR count). The maximum atomic E-state index is 13.3. The van der Waals surface area contributed by atoms with E-state index in [1.165, 1.54) is 4.90 Å². The molecule has 1 heterocycles. The van der Waals surface area contributed by atoms with Gasteiger partial charge in [-0.05, 0) is 67.9 Å². The minimum Gasteiger partial charge on any atom is -0.507 e. The molecule has 1 aliphatic heterocycles. The minimum atomic E-state index is -0.868. The Balaban J connectivity index is 1.92. The molecule has 7 heteroatoms. The van der Waals surface area contributed by atoms with Crippen LogP contribution in [0.3, 0.4) is 0 Å². The van der Waals surface area contributed by atoms with Gasteiger partial charge in [-0.15, -0.1) is 0 Å². The van der Waals surface area contributed by atoms with E-state index in [1.54, 1.807) is 72.8 Å². The number of carbonyl (C=O) groups excluding carboxylic acids is 2. The highest BCUT2D eigenvalue weighted by molar-refractivity contribution is 6.51. The Hall–Kier alpha value is -3.77. The van der Waals surface area contributed by atoms with E-state index in [9.17, 15) is 14.7 Å². The molecule has 0 aromatic heterocycles. The van der Waals surface area contributed by atoms with Crippen molar-refractivity contribution in [1.82, 2.24) is 0 Å². The van der Waals surface area contributed by atoms with E-state index in [-0.39, 0.29) is 11.3 Å². The highest BCUT2D eigenvalue weighted by Gasteiger charge is 2.47. The number of carbonyl (C=O) groups is 2. The van der Waals surface area contributed by atoms with Crippen molar-refractivity contribution in [2.45, 2.75) is 19.9 Å². The number of ether oxygens (including phenoxy) is 2. The molecule has 0 aliphatic carbocycles. The Morgan fingerprint density at radius 1 is 0.912 bits per heavy atom. The summed E-state index contributed by atoms with van der Waals surface area (Å²) in [6.45, 7) is 4.66. The lowest BCUT2D eigenvalue weighted by atomic mass is 9.95. The summed E-state index contributed by atoms with van der Waals surface area (Å²) in [5.41, 5.74) is 1.48. The third-order valence-corrected chi connectivity index (χ3v) is 5.71. The van der Waals surface area contributed by atoms with Gasteiger partial charge in [-0.25, -0.2) is 0 Å². The molecule has 3 aromatic rings. The van der Waals surface area contributed by atoms with E-state index in [4.69, 9.17) is 21.1 Å². The fraction of sp³-hybridized carbons (Fsp3) is 0.185. The van der Waals surface area contributed by atoms with Crippen LogP contribution in [0.15, 0.2) is 78.4 Å². The molecular weight excluding hydrogens is 454 g/mol. The molecule has 0 spiro atoms. The SMILES string of the molecule is CCOc1cccc(C2/C(=C(\O)c3ccc(Cl)cc3)C(=O)C(=O)N2c2cccc(OCC)c2)c1. The van der Waals surface area contributed by atoms with Gasteiger partial charge in [0.15, 0.2) is 0 Å².